The topological polar surface area (TPSA) is 17.1 Å². The van der Waals surface area contributed by atoms with Gasteiger partial charge in [0.25, 0.3) is 0 Å². The summed E-state index contributed by atoms with van der Waals surface area (Å²) in [6.45, 7) is 0. The molecule has 0 fully saturated rings. The van der Waals surface area contributed by atoms with Crippen molar-refractivity contribution in [2.45, 2.75) is 19.6 Å². The normalized spacial score (nSPS) is 11.5. The van der Waals surface area contributed by atoms with Gasteiger partial charge >= 0.3 is 0 Å². The number of carbonyl (C=O) groups excluding carboxylic acids is 1. The van der Waals surface area contributed by atoms with Crippen molar-refractivity contribution >= 4 is 45.2 Å². The number of benzene rings is 4. The summed E-state index contributed by atoms with van der Waals surface area (Å²) in [5, 5.41) is 0. The van der Waals surface area contributed by atoms with E-state index in [1.54, 1.807) is 0 Å². The van der Waals surface area contributed by atoms with Gasteiger partial charge in [-0.25, -0.2) is 0 Å². The Morgan fingerprint density at radius 1 is 0.552 bits per heavy atom. The van der Waals surface area contributed by atoms with Gasteiger partial charge in [0.1, 0.15) is 0 Å². The quantitative estimate of drug-likeness (QED) is 0.240. The Morgan fingerprint density at radius 3 is 1.45 bits per heavy atom. The van der Waals surface area contributed by atoms with Crippen LogP contribution in [0.25, 0.3) is 0 Å². The van der Waals surface area contributed by atoms with Gasteiger partial charge in [-0.1, -0.05) is 106 Å². The molecular weight excluding hydrogens is 460 g/mol. The molecule has 5 rings (SSSR count). The zero-order valence-corrected chi connectivity index (χ0v) is 18.6. The third-order valence-corrected chi connectivity index (χ3v) is 7.55. The molecule has 4 aromatic rings. The molecule has 4 heteroatoms. The Balaban J connectivity index is 0.000000141. The third-order valence-electron chi connectivity index (χ3n) is 4.29. The highest BCUT2D eigenvalue weighted by atomic mass is 79.9. The first-order chi connectivity index (χ1) is 14.2. The van der Waals surface area contributed by atoms with Crippen molar-refractivity contribution in [3.05, 3.63) is 119 Å². The van der Waals surface area contributed by atoms with Crippen LogP contribution in [-0.4, -0.2) is 5.78 Å². The van der Waals surface area contributed by atoms with E-state index in [0.29, 0.717) is 11.1 Å². The van der Waals surface area contributed by atoms with Crippen molar-refractivity contribution in [1.82, 2.24) is 0 Å². The number of hydrogen-bond donors (Lipinski definition) is 0. The van der Waals surface area contributed by atoms with Crippen LogP contribution in [0.1, 0.15) is 15.9 Å². The van der Waals surface area contributed by atoms with Crippen LogP contribution < -0.4 is 0 Å². The van der Waals surface area contributed by atoms with Crippen molar-refractivity contribution in [2.24, 2.45) is 0 Å². The third kappa shape index (κ3) is 4.84. The molecule has 142 valence electrons. The molecule has 0 spiro atoms. The van der Waals surface area contributed by atoms with Crippen LogP contribution in [0.4, 0.5) is 0 Å². The first kappa shape index (κ1) is 20.0. The van der Waals surface area contributed by atoms with Gasteiger partial charge in [0, 0.05) is 35.2 Å². The van der Waals surface area contributed by atoms with E-state index in [2.05, 4.69) is 64.5 Å². The van der Waals surface area contributed by atoms with E-state index in [0.717, 1.165) is 4.47 Å². The number of fused-ring (bicyclic) bond motifs is 2. The summed E-state index contributed by atoms with van der Waals surface area (Å²) in [6.07, 6.45) is 0. The Labute approximate surface area is 187 Å². The molecule has 1 nitrogen and oxygen atoms in total. The Morgan fingerprint density at radius 2 is 0.966 bits per heavy atom. The van der Waals surface area contributed by atoms with E-state index in [-0.39, 0.29) is 5.78 Å². The molecule has 1 heterocycles. The van der Waals surface area contributed by atoms with Crippen molar-refractivity contribution in [3.8, 4) is 0 Å². The predicted molar refractivity (Wildman–Crippen MR) is 125 cm³/mol. The molecule has 0 bridgehead atoms. The van der Waals surface area contributed by atoms with Crippen molar-refractivity contribution in [3.63, 3.8) is 0 Å². The van der Waals surface area contributed by atoms with Crippen molar-refractivity contribution in [1.29, 1.82) is 0 Å². The molecule has 0 N–H and O–H groups in total. The molecule has 0 amide bonds. The van der Waals surface area contributed by atoms with Crippen LogP contribution in [0.5, 0.6) is 0 Å². The highest BCUT2D eigenvalue weighted by Gasteiger charge is 2.15. The van der Waals surface area contributed by atoms with E-state index < -0.39 is 0 Å². The fraction of sp³-hybridized carbons (Fsp3) is 0. The standard InChI is InChI=1S/C13H9BrO.C12H8S2/c14-12-9-5-4-8-11(12)13(15)10-6-2-1-3-7-10;1-2-6-10-9(5-1)13-11-7-3-4-8-12(11)14-10/h1-9H;1-8H. The molecule has 0 unspecified atom stereocenters. The molecule has 0 atom stereocenters. The average Bonchev–Trinajstić information content (AvgIpc) is 2.78. The van der Waals surface area contributed by atoms with Crippen LogP contribution in [-0.2, 0) is 0 Å². The molecule has 0 saturated heterocycles. The monoisotopic (exact) mass is 476 g/mol. The molecule has 1 aliphatic heterocycles. The van der Waals surface area contributed by atoms with E-state index in [4.69, 9.17) is 0 Å². The van der Waals surface area contributed by atoms with Gasteiger partial charge in [-0.05, 0) is 36.4 Å². The number of halogens is 1. The zero-order valence-electron chi connectivity index (χ0n) is 15.4. The second-order valence-electron chi connectivity index (χ2n) is 6.27. The molecule has 0 saturated carbocycles. The van der Waals surface area contributed by atoms with Gasteiger partial charge in [-0.2, -0.15) is 0 Å². The molecule has 29 heavy (non-hydrogen) atoms. The lowest BCUT2D eigenvalue weighted by Gasteiger charge is -2.17. The minimum atomic E-state index is 0.0445. The van der Waals surface area contributed by atoms with Gasteiger partial charge in [-0.15, -0.1) is 0 Å². The Bertz CT molecular complexity index is 1050. The van der Waals surface area contributed by atoms with Crippen molar-refractivity contribution < 1.29 is 4.79 Å². The Kier molecular flexibility index (Phi) is 6.55. The minimum absolute atomic E-state index is 0.0445. The van der Waals surface area contributed by atoms with Gasteiger partial charge in [0.15, 0.2) is 5.78 Å². The van der Waals surface area contributed by atoms with Gasteiger partial charge in [0.2, 0.25) is 0 Å². The molecule has 4 aromatic carbocycles. The van der Waals surface area contributed by atoms with Crippen LogP contribution in [0.3, 0.4) is 0 Å². The van der Waals surface area contributed by atoms with E-state index in [1.165, 1.54) is 19.6 Å². The number of hydrogen-bond acceptors (Lipinski definition) is 3. The van der Waals surface area contributed by atoms with Crippen LogP contribution >= 0.6 is 39.5 Å². The smallest absolute Gasteiger partial charge is 0.194 e. The summed E-state index contributed by atoms with van der Waals surface area (Å²) in [6, 6.07) is 33.8. The first-order valence-electron chi connectivity index (χ1n) is 9.10. The second-order valence-corrected chi connectivity index (χ2v) is 9.29. The van der Waals surface area contributed by atoms with Crippen molar-refractivity contribution in [2.75, 3.05) is 0 Å². The molecular formula is C25H17BrOS2. The molecule has 0 radical (unpaired) electrons. The minimum Gasteiger partial charge on any atom is -0.289 e. The molecule has 0 aliphatic carbocycles. The maximum atomic E-state index is 12.0. The van der Waals surface area contributed by atoms with Gasteiger partial charge in [-0.3, -0.25) is 4.79 Å². The highest BCUT2D eigenvalue weighted by molar-refractivity contribution is 9.10. The summed E-state index contributed by atoms with van der Waals surface area (Å²) in [5.41, 5.74) is 1.41. The SMILES string of the molecule is O=C(c1ccccc1)c1ccccc1Br.c1ccc2c(c1)Sc1ccccc1S2. The van der Waals surface area contributed by atoms with Crippen LogP contribution in [0, 0.1) is 0 Å². The highest BCUT2D eigenvalue weighted by Crippen LogP contribution is 2.47. The van der Waals surface area contributed by atoms with Crippen LogP contribution in [0.2, 0.25) is 0 Å². The largest absolute Gasteiger partial charge is 0.289 e. The van der Waals surface area contributed by atoms with E-state index in [9.17, 15) is 4.79 Å². The number of carbonyl (C=O) groups is 1. The maximum Gasteiger partial charge on any atom is 0.194 e. The van der Waals surface area contributed by atoms with E-state index in [1.807, 2.05) is 78.1 Å². The fourth-order valence-corrected chi connectivity index (χ4v) is 5.56. The fourth-order valence-electron chi connectivity index (χ4n) is 2.86. The number of ketones is 1. The van der Waals surface area contributed by atoms with Crippen LogP contribution in [0.15, 0.2) is 127 Å². The maximum absolute atomic E-state index is 12.0. The summed E-state index contributed by atoms with van der Waals surface area (Å²) in [5.74, 6) is 0.0445. The molecule has 1 aliphatic rings. The lowest BCUT2D eigenvalue weighted by molar-refractivity contribution is 0.103. The summed E-state index contributed by atoms with van der Waals surface area (Å²) >= 11 is 7.10. The summed E-state index contributed by atoms with van der Waals surface area (Å²) < 4.78 is 0.832. The summed E-state index contributed by atoms with van der Waals surface area (Å²) in [4.78, 5) is 17.5. The number of rotatable bonds is 2. The summed E-state index contributed by atoms with van der Waals surface area (Å²) in [7, 11) is 0. The lowest BCUT2D eigenvalue weighted by atomic mass is 10.0. The first-order valence-corrected chi connectivity index (χ1v) is 11.5. The van der Waals surface area contributed by atoms with Gasteiger partial charge < -0.3 is 0 Å². The lowest BCUT2D eigenvalue weighted by Crippen LogP contribution is -2.01. The van der Waals surface area contributed by atoms with Gasteiger partial charge in [0.05, 0.1) is 0 Å². The van der Waals surface area contributed by atoms with E-state index >= 15 is 0 Å². The predicted octanol–water partition coefficient (Wildman–Crippen LogP) is 7.98. The second kappa shape index (κ2) is 9.49. The molecule has 0 aromatic heterocycles. The Hall–Kier alpha value is -2.27. The average molecular weight is 477 g/mol. The zero-order chi connectivity index (χ0) is 20.1.